The van der Waals surface area contributed by atoms with Crippen LogP contribution in [0.15, 0.2) is 58.9 Å². The van der Waals surface area contributed by atoms with E-state index in [9.17, 15) is 5.21 Å². The minimum absolute atomic E-state index is 0.0129. The van der Waals surface area contributed by atoms with Gasteiger partial charge in [0.1, 0.15) is 5.69 Å². The molecule has 0 atom stereocenters. The van der Waals surface area contributed by atoms with Gasteiger partial charge in [0.15, 0.2) is 0 Å². The summed E-state index contributed by atoms with van der Waals surface area (Å²) >= 11 is 0. The lowest BCUT2D eigenvalue weighted by Gasteiger charge is -2.22. The summed E-state index contributed by atoms with van der Waals surface area (Å²) in [6.07, 6.45) is 1.36. The Hall–Kier alpha value is -2.51. The van der Waals surface area contributed by atoms with E-state index in [4.69, 9.17) is 10.2 Å². The number of hydrogen-bond acceptors (Lipinski definition) is 6. The summed E-state index contributed by atoms with van der Waals surface area (Å²) in [6.45, 7) is 0.918. The maximum Gasteiger partial charge on any atom is 0.353 e. The Bertz CT molecular complexity index is 610. The van der Waals surface area contributed by atoms with Gasteiger partial charge in [0.2, 0.25) is 0 Å². The molecule has 1 aromatic heterocycles. The number of pyridine rings is 1. The number of aliphatic hydroxyl groups is 2. The average molecular weight is 302 g/mol. The molecule has 0 saturated carbocycles. The highest BCUT2D eigenvalue weighted by molar-refractivity contribution is 5.52. The van der Waals surface area contributed by atoms with Crippen LogP contribution in [0.2, 0.25) is 0 Å². The quantitative estimate of drug-likeness (QED) is 0.460. The van der Waals surface area contributed by atoms with Gasteiger partial charge >= 0.3 is 5.82 Å². The fourth-order valence-corrected chi connectivity index (χ4v) is 1.95. The molecule has 2 aromatic rings. The molecule has 0 saturated heterocycles. The number of hydrogen-bond donors (Lipinski definition) is 2. The van der Waals surface area contributed by atoms with Crippen LogP contribution in [0.25, 0.3) is 0 Å². The topological polar surface area (TPSA) is 95.4 Å². The van der Waals surface area contributed by atoms with Gasteiger partial charge < -0.3 is 20.3 Å². The second-order valence-electron chi connectivity index (χ2n) is 4.54. The van der Waals surface area contributed by atoms with Crippen molar-refractivity contribution >= 4 is 17.2 Å². The van der Waals surface area contributed by atoms with Crippen molar-refractivity contribution in [1.82, 2.24) is 0 Å². The van der Waals surface area contributed by atoms with Crippen molar-refractivity contribution < 1.29 is 14.9 Å². The highest BCUT2D eigenvalue weighted by atomic mass is 16.5. The fourth-order valence-electron chi connectivity index (χ4n) is 1.95. The minimum Gasteiger partial charge on any atom is -0.710 e. The van der Waals surface area contributed by atoms with Gasteiger partial charge in [-0.05, 0) is 35.4 Å². The molecule has 116 valence electrons. The van der Waals surface area contributed by atoms with E-state index in [0.717, 1.165) is 5.69 Å². The molecule has 0 aliphatic rings. The third kappa shape index (κ3) is 4.24. The normalized spacial score (nSPS) is 11.0. The molecule has 2 rings (SSSR count). The summed E-state index contributed by atoms with van der Waals surface area (Å²) in [7, 11) is 0. The molecule has 7 nitrogen and oxygen atoms in total. The van der Waals surface area contributed by atoms with Crippen molar-refractivity contribution in [3.63, 3.8) is 0 Å². The van der Waals surface area contributed by atoms with E-state index in [1.54, 1.807) is 30.3 Å². The Morgan fingerprint density at radius 1 is 0.955 bits per heavy atom. The molecule has 0 bridgehead atoms. The second kappa shape index (κ2) is 8.06. The van der Waals surface area contributed by atoms with E-state index in [0.29, 0.717) is 23.5 Å². The van der Waals surface area contributed by atoms with Crippen molar-refractivity contribution in [3.8, 4) is 0 Å². The largest absolute Gasteiger partial charge is 0.710 e. The zero-order valence-electron chi connectivity index (χ0n) is 12.0. The monoisotopic (exact) mass is 302 g/mol. The van der Waals surface area contributed by atoms with Crippen molar-refractivity contribution in [3.05, 3.63) is 53.9 Å². The van der Waals surface area contributed by atoms with Gasteiger partial charge in [0, 0.05) is 24.8 Å². The molecule has 7 heteroatoms. The second-order valence-corrected chi connectivity index (χ2v) is 4.54. The number of azo groups is 1. The first kappa shape index (κ1) is 15.9. The first-order chi connectivity index (χ1) is 10.7. The van der Waals surface area contributed by atoms with Crippen LogP contribution in [0.4, 0.5) is 17.2 Å². The van der Waals surface area contributed by atoms with Crippen molar-refractivity contribution in [2.45, 2.75) is 0 Å². The van der Waals surface area contributed by atoms with E-state index < -0.39 is 0 Å². The van der Waals surface area contributed by atoms with E-state index >= 15 is 0 Å². The van der Waals surface area contributed by atoms with Crippen LogP contribution in [0.5, 0.6) is 0 Å². The third-order valence-corrected chi connectivity index (χ3v) is 3.03. The molecule has 0 fully saturated rings. The van der Waals surface area contributed by atoms with Gasteiger partial charge in [-0.1, -0.05) is 6.07 Å². The molecule has 0 spiro atoms. The van der Waals surface area contributed by atoms with Gasteiger partial charge in [-0.2, -0.15) is 0 Å². The predicted molar refractivity (Wildman–Crippen MR) is 82.4 cm³/mol. The van der Waals surface area contributed by atoms with Crippen LogP contribution in [0.1, 0.15) is 0 Å². The van der Waals surface area contributed by atoms with Crippen LogP contribution >= 0.6 is 0 Å². The molecular formula is C15H18N4O3. The van der Waals surface area contributed by atoms with E-state index in [1.165, 1.54) is 6.20 Å². The first-order valence-corrected chi connectivity index (χ1v) is 6.91. The Morgan fingerprint density at radius 3 is 2.23 bits per heavy atom. The smallest absolute Gasteiger partial charge is 0.353 e. The van der Waals surface area contributed by atoms with Crippen LogP contribution < -0.4 is 9.63 Å². The lowest BCUT2D eigenvalue weighted by atomic mass is 10.2. The van der Waals surface area contributed by atoms with Crippen LogP contribution in [0.3, 0.4) is 0 Å². The molecule has 2 N–H and O–H groups in total. The number of aromatic nitrogens is 1. The molecule has 0 aliphatic carbocycles. The lowest BCUT2D eigenvalue weighted by molar-refractivity contribution is -0.591. The van der Waals surface area contributed by atoms with Crippen molar-refractivity contribution in [1.29, 1.82) is 0 Å². The Balaban J connectivity index is 2.10. The average Bonchev–Trinajstić information content (AvgIpc) is 2.54. The lowest BCUT2D eigenvalue weighted by Crippen LogP contribution is -2.29. The van der Waals surface area contributed by atoms with Crippen molar-refractivity contribution in [2.24, 2.45) is 10.2 Å². The maximum absolute atomic E-state index is 11.4. The number of benzene rings is 1. The molecule has 1 heterocycles. The van der Waals surface area contributed by atoms with E-state index in [-0.39, 0.29) is 19.0 Å². The van der Waals surface area contributed by atoms with E-state index in [1.807, 2.05) is 17.0 Å². The summed E-state index contributed by atoms with van der Waals surface area (Å²) in [4.78, 5) is 1.86. The first-order valence-electron chi connectivity index (χ1n) is 6.91. The van der Waals surface area contributed by atoms with Crippen molar-refractivity contribution in [2.75, 3.05) is 31.2 Å². The fraction of sp³-hybridized carbons (Fsp3) is 0.267. The Labute approximate surface area is 128 Å². The summed E-state index contributed by atoms with van der Waals surface area (Å²) < 4.78 is 0.641. The third-order valence-electron chi connectivity index (χ3n) is 3.03. The number of aliphatic hydroxyl groups excluding tert-OH is 2. The predicted octanol–water partition coefficient (Wildman–Crippen LogP) is 1.53. The van der Waals surface area contributed by atoms with Gasteiger partial charge in [-0.25, -0.2) is 4.73 Å². The zero-order chi connectivity index (χ0) is 15.8. The minimum atomic E-state index is 0.0129. The standard InChI is InChI=1S/C15H18N4O3/c20-11-9-18(10-12-21)14-6-4-13(5-7-14)16-17-15-3-1-2-8-19(15)22/h1-8,20-21H,9-12H2. The molecule has 0 aliphatic heterocycles. The summed E-state index contributed by atoms with van der Waals surface area (Å²) in [5.41, 5.74) is 1.49. The highest BCUT2D eigenvalue weighted by Gasteiger charge is 2.06. The van der Waals surface area contributed by atoms with Crippen LogP contribution in [-0.2, 0) is 0 Å². The molecule has 1 aromatic carbocycles. The SMILES string of the molecule is [O-][n+]1ccccc1N=Nc1ccc(N(CCO)CCO)cc1. The summed E-state index contributed by atoms with van der Waals surface area (Å²) in [6, 6.07) is 12.1. The number of rotatable bonds is 7. The van der Waals surface area contributed by atoms with Gasteiger partial charge in [-0.3, -0.25) is 0 Å². The van der Waals surface area contributed by atoms with Gasteiger partial charge in [-0.15, -0.1) is 0 Å². The van der Waals surface area contributed by atoms with E-state index in [2.05, 4.69) is 10.2 Å². The molecule has 22 heavy (non-hydrogen) atoms. The zero-order valence-corrected chi connectivity index (χ0v) is 12.0. The maximum atomic E-state index is 11.4. The van der Waals surface area contributed by atoms with Gasteiger partial charge in [0.05, 0.1) is 24.5 Å². The van der Waals surface area contributed by atoms with Crippen LogP contribution in [0, 0.1) is 5.21 Å². The summed E-state index contributed by atoms with van der Waals surface area (Å²) in [5.74, 6) is 0.216. The summed E-state index contributed by atoms with van der Waals surface area (Å²) in [5, 5.41) is 37.4. The Morgan fingerprint density at radius 2 is 1.64 bits per heavy atom. The highest BCUT2D eigenvalue weighted by Crippen LogP contribution is 2.21. The molecule has 0 unspecified atom stereocenters. The Kier molecular flexibility index (Phi) is 5.81. The van der Waals surface area contributed by atoms with Gasteiger partial charge in [0.25, 0.3) is 0 Å². The molecular weight excluding hydrogens is 284 g/mol. The van der Waals surface area contributed by atoms with Crippen LogP contribution in [-0.4, -0.2) is 36.5 Å². The molecule has 0 radical (unpaired) electrons. The molecule has 0 amide bonds. The number of anilines is 1. The number of nitrogens with zero attached hydrogens (tertiary/aromatic N) is 4.